The molecule has 0 rings (SSSR count). The van der Waals surface area contributed by atoms with E-state index in [9.17, 15) is 4.79 Å². The number of nitrogens with zero attached hydrogens (tertiary/aromatic N) is 1. The molecule has 10 heavy (non-hydrogen) atoms. The van der Waals surface area contributed by atoms with Crippen molar-refractivity contribution >= 4 is 12.7 Å². The Hall–Kier alpha value is -0.900. The second-order valence-corrected chi connectivity index (χ2v) is 2.03. The van der Waals surface area contributed by atoms with Crippen LogP contribution in [-0.2, 0) is 9.53 Å². The second kappa shape index (κ2) is 3.31. The predicted octanol–water partition coefficient (Wildman–Crippen LogP) is -0.0750. The maximum absolute atomic E-state index is 10.8. The van der Waals surface area contributed by atoms with E-state index >= 15 is 0 Å². The molecule has 0 saturated heterocycles. The van der Waals surface area contributed by atoms with Gasteiger partial charge in [-0.15, -0.1) is 0 Å². The first-order chi connectivity index (χ1) is 4.54. The number of aliphatic imine (C=N–C) groups is 1. The Morgan fingerprint density at radius 2 is 2.40 bits per heavy atom. The van der Waals surface area contributed by atoms with Crippen LogP contribution in [0.15, 0.2) is 4.99 Å². The van der Waals surface area contributed by atoms with Crippen LogP contribution in [0.4, 0.5) is 0 Å². The van der Waals surface area contributed by atoms with Crippen LogP contribution in [0, 0.1) is 0 Å². The summed E-state index contributed by atoms with van der Waals surface area (Å²) in [4.78, 5) is 14.2. The molecule has 4 nitrogen and oxygen atoms in total. The van der Waals surface area contributed by atoms with Crippen molar-refractivity contribution in [3.8, 4) is 0 Å². The molecule has 4 heteroatoms. The summed E-state index contributed by atoms with van der Waals surface area (Å²) in [6.07, 6.45) is 0. The second-order valence-electron chi connectivity index (χ2n) is 2.03. The Labute approximate surface area is 60.1 Å². The van der Waals surface area contributed by atoms with Crippen LogP contribution >= 0.6 is 0 Å². The molecule has 0 aliphatic rings. The van der Waals surface area contributed by atoms with Crippen molar-refractivity contribution in [2.24, 2.45) is 10.7 Å². The smallest absolute Gasteiger partial charge is 0.348 e. The zero-order chi connectivity index (χ0) is 8.20. The summed E-state index contributed by atoms with van der Waals surface area (Å²) < 4.78 is 4.60. The van der Waals surface area contributed by atoms with Crippen LogP contribution < -0.4 is 5.73 Å². The first-order valence-corrected chi connectivity index (χ1v) is 2.98. The summed E-state index contributed by atoms with van der Waals surface area (Å²) in [5.74, 6) is -0.551. The molecule has 0 bridgehead atoms. The topological polar surface area (TPSA) is 64.7 Å². The summed E-state index contributed by atoms with van der Waals surface area (Å²) in [7, 11) is 0. The standard InChI is InChI=1S/C6H12N2O2/c1-4-10-5(9)6(2,7)8-3/h3-4,7H2,1-2H3. The van der Waals surface area contributed by atoms with Gasteiger partial charge >= 0.3 is 5.97 Å². The average molecular weight is 144 g/mol. The third kappa shape index (κ3) is 2.14. The first kappa shape index (κ1) is 9.10. The molecule has 1 unspecified atom stereocenters. The highest BCUT2D eigenvalue weighted by Gasteiger charge is 2.27. The van der Waals surface area contributed by atoms with Crippen molar-refractivity contribution in [2.75, 3.05) is 6.61 Å². The summed E-state index contributed by atoms with van der Waals surface area (Å²) >= 11 is 0. The van der Waals surface area contributed by atoms with Gasteiger partial charge < -0.3 is 4.74 Å². The molecular formula is C6H12N2O2. The van der Waals surface area contributed by atoms with Crippen LogP contribution in [0.3, 0.4) is 0 Å². The fourth-order valence-corrected chi connectivity index (χ4v) is 0.342. The minimum absolute atomic E-state index is 0.307. The lowest BCUT2D eigenvalue weighted by Crippen LogP contribution is -2.43. The Morgan fingerprint density at radius 1 is 1.90 bits per heavy atom. The van der Waals surface area contributed by atoms with Crippen molar-refractivity contribution in [3.05, 3.63) is 0 Å². The molecule has 0 fully saturated rings. The van der Waals surface area contributed by atoms with Gasteiger partial charge in [0.2, 0.25) is 5.66 Å². The quantitative estimate of drug-likeness (QED) is 0.445. The van der Waals surface area contributed by atoms with Gasteiger partial charge in [-0.1, -0.05) is 0 Å². The van der Waals surface area contributed by atoms with Crippen LogP contribution in [0.2, 0.25) is 0 Å². The van der Waals surface area contributed by atoms with E-state index in [0.29, 0.717) is 6.61 Å². The fourth-order valence-electron chi connectivity index (χ4n) is 0.342. The van der Waals surface area contributed by atoms with Crippen molar-refractivity contribution in [3.63, 3.8) is 0 Å². The molecule has 0 saturated carbocycles. The van der Waals surface area contributed by atoms with Crippen LogP contribution in [-0.4, -0.2) is 25.0 Å². The lowest BCUT2D eigenvalue weighted by molar-refractivity contribution is -0.148. The van der Waals surface area contributed by atoms with Gasteiger partial charge in [0.15, 0.2) is 0 Å². The van der Waals surface area contributed by atoms with Crippen LogP contribution in [0.25, 0.3) is 0 Å². The molecule has 0 radical (unpaired) electrons. The Kier molecular flexibility index (Phi) is 3.02. The van der Waals surface area contributed by atoms with Crippen molar-refractivity contribution < 1.29 is 9.53 Å². The molecule has 58 valence electrons. The lowest BCUT2D eigenvalue weighted by Gasteiger charge is -2.15. The Bertz CT molecular complexity index is 143. The van der Waals surface area contributed by atoms with E-state index in [4.69, 9.17) is 5.73 Å². The van der Waals surface area contributed by atoms with E-state index in [0.717, 1.165) is 0 Å². The van der Waals surface area contributed by atoms with Gasteiger partial charge in [-0.25, -0.2) is 4.79 Å². The third-order valence-electron chi connectivity index (χ3n) is 1.02. The van der Waals surface area contributed by atoms with Crippen LogP contribution in [0.5, 0.6) is 0 Å². The number of ether oxygens (including phenoxy) is 1. The monoisotopic (exact) mass is 144 g/mol. The highest BCUT2D eigenvalue weighted by molar-refractivity contribution is 5.80. The summed E-state index contributed by atoms with van der Waals surface area (Å²) in [5, 5.41) is 0. The maximum atomic E-state index is 10.8. The Balaban J connectivity index is 4.04. The van der Waals surface area contributed by atoms with E-state index in [-0.39, 0.29) is 0 Å². The van der Waals surface area contributed by atoms with E-state index in [1.165, 1.54) is 6.92 Å². The summed E-state index contributed by atoms with van der Waals surface area (Å²) in [6, 6.07) is 0. The van der Waals surface area contributed by atoms with Crippen molar-refractivity contribution in [1.82, 2.24) is 0 Å². The SMILES string of the molecule is C=NC(C)(N)C(=O)OCC. The highest BCUT2D eigenvalue weighted by Crippen LogP contribution is 2.01. The fraction of sp³-hybridized carbons (Fsp3) is 0.667. The number of carbonyl (C=O) groups is 1. The molecule has 1 atom stereocenters. The average Bonchev–Trinajstić information content (AvgIpc) is 1.89. The molecule has 2 N–H and O–H groups in total. The minimum Gasteiger partial charge on any atom is -0.463 e. The normalized spacial score (nSPS) is 15.5. The first-order valence-electron chi connectivity index (χ1n) is 2.98. The van der Waals surface area contributed by atoms with Gasteiger partial charge in [0, 0.05) is 0 Å². The minimum atomic E-state index is -1.30. The van der Waals surface area contributed by atoms with Gasteiger partial charge in [-0.3, -0.25) is 10.7 Å². The summed E-state index contributed by atoms with van der Waals surface area (Å²) in [5.41, 5.74) is 4.05. The number of rotatable bonds is 3. The van der Waals surface area contributed by atoms with Crippen LogP contribution in [0.1, 0.15) is 13.8 Å². The van der Waals surface area contributed by atoms with E-state index in [1.807, 2.05) is 0 Å². The van der Waals surface area contributed by atoms with Gasteiger partial charge in [0.05, 0.1) is 6.61 Å². The highest BCUT2D eigenvalue weighted by atomic mass is 16.5. The molecule has 0 aliphatic heterocycles. The molecular weight excluding hydrogens is 132 g/mol. The number of carbonyl (C=O) groups excluding carboxylic acids is 1. The molecule has 0 aromatic carbocycles. The number of esters is 1. The number of nitrogens with two attached hydrogens (primary N) is 1. The summed E-state index contributed by atoms with van der Waals surface area (Å²) in [6.45, 7) is 6.61. The van der Waals surface area contributed by atoms with E-state index in [1.54, 1.807) is 6.92 Å². The number of hydrogen-bond acceptors (Lipinski definition) is 4. The number of hydrogen-bond donors (Lipinski definition) is 1. The predicted molar refractivity (Wildman–Crippen MR) is 38.8 cm³/mol. The van der Waals surface area contributed by atoms with Gasteiger partial charge in [-0.2, -0.15) is 0 Å². The van der Waals surface area contributed by atoms with Crippen molar-refractivity contribution in [2.45, 2.75) is 19.5 Å². The van der Waals surface area contributed by atoms with Gasteiger partial charge in [0.1, 0.15) is 0 Å². The molecule has 0 aromatic heterocycles. The van der Waals surface area contributed by atoms with E-state index in [2.05, 4.69) is 16.4 Å². The molecule has 0 heterocycles. The van der Waals surface area contributed by atoms with Gasteiger partial charge in [0.25, 0.3) is 0 Å². The zero-order valence-electron chi connectivity index (χ0n) is 6.26. The maximum Gasteiger partial charge on any atom is 0.348 e. The molecule has 0 aromatic rings. The molecule has 0 spiro atoms. The van der Waals surface area contributed by atoms with E-state index < -0.39 is 11.6 Å². The molecule has 0 amide bonds. The van der Waals surface area contributed by atoms with Gasteiger partial charge in [-0.05, 0) is 20.6 Å². The Morgan fingerprint density at radius 3 is 2.70 bits per heavy atom. The molecule has 0 aliphatic carbocycles. The largest absolute Gasteiger partial charge is 0.463 e. The third-order valence-corrected chi connectivity index (χ3v) is 1.02. The van der Waals surface area contributed by atoms with Crippen molar-refractivity contribution in [1.29, 1.82) is 0 Å². The lowest BCUT2D eigenvalue weighted by atomic mass is 10.2. The zero-order valence-corrected chi connectivity index (χ0v) is 6.26.